The third kappa shape index (κ3) is 3.53. The molecule has 0 aliphatic rings. The third-order valence-corrected chi connectivity index (χ3v) is 4.46. The summed E-state index contributed by atoms with van der Waals surface area (Å²) in [7, 11) is 0. The van der Waals surface area contributed by atoms with E-state index in [2.05, 4.69) is 21.7 Å². The van der Waals surface area contributed by atoms with Gasteiger partial charge in [0.1, 0.15) is 6.04 Å². The number of rotatable bonds is 4. The first-order valence-electron chi connectivity index (χ1n) is 7.50. The second-order valence-electron chi connectivity index (χ2n) is 5.46. The monoisotopic (exact) mass is 336 g/mol. The number of benzene rings is 2. The number of aryl methyl sites for hydroxylation is 1. The number of aromatic nitrogens is 1. The van der Waals surface area contributed by atoms with Gasteiger partial charge in [-0.1, -0.05) is 6.07 Å². The summed E-state index contributed by atoms with van der Waals surface area (Å²) < 4.78 is 1.09. The van der Waals surface area contributed by atoms with Gasteiger partial charge in [0, 0.05) is 11.4 Å². The van der Waals surface area contributed by atoms with Crippen molar-refractivity contribution in [3.8, 4) is 6.07 Å². The van der Waals surface area contributed by atoms with Gasteiger partial charge < -0.3 is 10.6 Å². The highest BCUT2D eigenvalue weighted by molar-refractivity contribution is 7.18. The van der Waals surface area contributed by atoms with Crippen LogP contribution in [-0.4, -0.2) is 16.9 Å². The zero-order valence-electron chi connectivity index (χ0n) is 13.3. The molecule has 1 atom stereocenters. The lowest BCUT2D eigenvalue weighted by Crippen LogP contribution is -2.31. The number of nitrogens with one attached hydrogen (secondary N) is 2. The van der Waals surface area contributed by atoms with Crippen LogP contribution in [0.1, 0.15) is 17.5 Å². The summed E-state index contributed by atoms with van der Waals surface area (Å²) in [6, 6.07) is 14.4. The quantitative estimate of drug-likeness (QED) is 0.757. The Bertz CT molecular complexity index is 942. The van der Waals surface area contributed by atoms with Gasteiger partial charge in [-0.25, -0.2) is 4.98 Å². The molecule has 0 saturated carbocycles. The number of amides is 1. The fourth-order valence-electron chi connectivity index (χ4n) is 2.36. The second-order valence-corrected chi connectivity index (χ2v) is 6.70. The number of anilines is 2. The van der Waals surface area contributed by atoms with Gasteiger partial charge in [0.05, 0.1) is 26.9 Å². The van der Waals surface area contributed by atoms with Gasteiger partial charge in [0.2, 0.25) is 5.91 Å². The van der Waals surface area contributed by atoms with E-state index >= 15 is 0 Å². The fourth-order valence-corrected chi connectivity index (χ4v) is 3.23. The molecule has 24 heavy (non-hydrogen) atoms. The SMILES string of the molecule is Cc1nc2ccc(N[C@H](C)C(=O)Nc3cccc(C#N)c3)cc2s1. The first-order chi connectivity index (χ1) is 11.5. The number of nitrogens with zero attached hydrogens (tertiary/aromatic N) is 2. The summed E-state index contributed by atoms with van der Waals surface area (Å²) in [5.41, 5.74) is 2.97. The molecule has 0 spiro atoms. The van der Waals surface area contributed by atoms with Crippen molar-refractivity contribution in [3.05, 3.63) is 53.0 Å². The van der Waals surface area contributed by atoms with Gasteiger partial charge in [-0.2, -0.15) is 5.26 Å². The zero-order chi connectivity index (χ0) is 17.1. The van der Waals surface area contributed by atoms with E-state index in [-0.39, 0.29) is 5.91 Å². The van der Waals surface area contributed by atoms with Crippen LogP contribution in [-0.2, 0) is 4.79 Å². The van der Waals surface area contributed by atoms with Crippen molar-refractivity contribution in [1.29, 1.82) is 5.26 Å². The Morgan fingerprint density at radius 3 is 2.88 bits per heavy atom. The Morgan fingerprint density at radius 2 is 2.08 bits per heavy atom. The van der Waals surface area contributed by atoms with Crippen molar-refractivity contribution >= 4 is 38.8 Å². The molecule has 0 aliphatic heterocycles. The molecule has 2 N–H and O–H groups in total. The van der Waals surface area contributed by atoms with E-state index in [0.717, 1.165) is 20.9 Å². The van der Waals surface area contributed by atoms with Crippen LogP contribution in [0.15, 0.2) is 42.5 Å². The van der Waals surface area contributed by atoms with Crippen molar-refractivity contribution in [2.45, 2.75) is 19.9 Å². The molecular weight excluding hydrogens is 320 g/mol. The Labute approximate surface area is 144 Å². The maximum Gasteiger partial charge on any atom is 0.246 e. The predicted molar refractivity (Wildman–Crippen MR) is 97.2 cm³/mol. The molecule has 0 saturated heterocycles. The molecule has 1 heterocycles. The molecule has 120 valence electrons. The summed E-state index contributed by atoms with van der Waals surface area (Å²) in [4.78, 5) is 16.7. The second kappa shape index (κ2) is 6.69. The number of nitriles is 1. The lowest BCUT2D eigenvalue weighted by molar-refractivity contribution is -0.116. The van der Waals surface area contributed by atoms with Gasteiger partial charge >= 0.3 is 0 Å². The molecule has 0 radical (unpaired) electrons. The molecule has 0 bridgehead atoms. The van der Waals surface area contributed by atoms with E-state index in [1.54, 1.807) is 42.5 Å². The minimum absolute atomic E-state index is 0.161. The Morgan fingerprint density at radius 1 is 1.25 bits per heavy atom. The average Bonchev–Trinajstić information content (AvgIpc) is 2.94. The molecule has 0 aliphatic carbocycles. The predicted octanol–water partition coefficient (Wildman–Crippen LogP) is 3.92. The molecule has 6 heteroatoms. The minimum atomic E-state index is -0.415. The van der Waals surface area contributed by atoms with E-state index < -0.39 is 6.04 Å². The van der Waals surface area contributed by atoms with Gasteiger partial charge in [-0.3, -0.25) is 4.79 Å². The van der Waals surface area contributed by atoms with Crippen molar-refractivity contribution in [2.24, 2.45) is 0 Å². The van der Waals surface area contributed by atoms with Crippen LogP contribution >= 0.6 is 11.3 Å². The molecule has 3 rings (SSSR count). The normalized spacial score (nSPS) is 11.7. The zero-order valence-corrected chi connectivity index (χ0v) is 14.1. The van der Waals surface area contributed by atoms with Gasteiger partial charge in [0.25, 0.3) is 0 Å². The first-order valence-corrected chi connectivity index (χ1v) is 8.31. The first kappa shape index (κ1) is 16.0. The lowest BCUT2D eigenvalue weighted by atomic mass is 10.2. The standard InChI is InChI=1S/C18H16N4OS/c1-11(18(23)22-14-5-3-4-13(8-14)10-19)20-15-6-7-16-17(9-15)24-12(2)21-16/h3-9,11,20H,1-2H3,(H,22,23)/t11-/m1/s1. The molecule has 1 aromatic heterocycles. The summed E-state index contributed by atoms with van der Waals surface area (Å²) in [5.74, 6) is -0.161. The van der Waals surface area contributed by atoms with E-state index in [4.69, 9.17) is 5.26 Å². The van der Waals surface area contributed by atoms with E-state index in [0.29, 0.717) is 11.3 Å². The van der Waals surface area contributed by atoms with Gasteiger partial charge in [0.15, 0.2) is 0 Å². The highest BCUT2D eigenvalue weighted by Gasteiger charge is 2.13. The number of hydrogen-bond acceptors (Lipinski definition) is 5. The van der Waals surface area contributed by atoms with Crippen LogP contribution in [0.5, 0.6) is 0 Å². The molecule has 3 aromatic rings. The molecule has 0 fully saturated rings. The smallest absolute Gasteiger partial charge is 0.246 e. The fraction of sp³-hybridized carbons (Fsp3) is 0.167. The van der Waals surface area contributed by atoms with Crippen LogP contribution in [0.3, 0.4) is 0 Å². The van der Waals surface area contributed by atoms with Crippen molar-refractivity contribution in [3.63, 3.8) is 0 Å². The molecule has 5 nitrogen and oxygen atoms in total. The highest BCUT2D eigenvalue weighted by Crippen LogP contribution is 2.25. The number of carbonyl (C=O) groups excluding carboxylic acids is 1. The summed E-state index contributed by atoms with van der Waals surface area (Å²) in [6.07, 6.45) is 0. The Kier molecular flexibility index (Phi) is 4.45. The third-order valence-electron chi connectivity index (χ3n) is 3.53. The maximum absolute atomic E-state index is 12.3. The van der Waals surface area contributed by atoms with Crippen molar-refractivity contribution in [2.75, 3.05) is 10.6 Å². The van der Waals surface area contributed by atoms with E-state index in [9.17, 15) is 4.79 Å². The number of hydrogen-bond donors (Lipinski definition) is 2. The van der Waals surface area contributed by atoms with Crippen LogP contribution in [0.25, 0.3) is 10.2 Å². The summed E-state index contributed by atoms with van der Waals surface area (Å²) >= 11 is 1.63. The largest absolute Gasteiger partial charge is 0.374 e. The molecule has 0 unspecified atom stereocenters. The summed E-state index contributed by atoms with van der Waals surface area (Å²) in [6.45, 7) is 3.77. The topological polar surface area (TPSA) is 77.8 Å². The minimum Gasteiger partial charge on any atom is -0.374 e. The van der Waals surface area contributed by atoms with E-state index in [1.165, 1.54) is 0 Å². The number of thiazole rings is 1. The maximum atomic E-state index is 12.3. The van der Waals surface area contributed by atoms with Crippen LogP contribution in [0.4, 0.5) is 11.4 Å². The highest BCUT2D eigenvalue weighted by atomic mass is 32.1. The van der Waals surface area contributed by atoms with Crippen LogP contribution in [0.2, 0.25) is 0 Å². The lowest BCUT2D eigenvalue weighted by Gasteiger charge is -2.15. The Balaban J connectivity index is 1.69. The van der Waals surface area contributed by atoms with Gasteiger partial charge in [-0.05, 0) is 50.2 Å². The van der Waals surface area contributed by atoms with Crippen molar-refractivity contribution in [1.82, 2.24) is 4.98 Å². The molecule has 2 aromatic carbocycles. The van der Waals surface area contributed by atoms with Crippen LogP contribution in [0, 0.1) is 18.3 Å². The summed E-state index contributed by atoms with van der Waals surface area (Å²) in [5, 5.41) is 15.9. The number of carbonyl (C=O) groups is 1. The van der Waals surface area contributed by atoms with E-state index in [1.807, 2.05) is 25.1 Å². The van der Waals surface area contributed by atoms with Gasteiger partial charge in [-0.15, -0.1) is 11.3 Å². The molecular formula is C18H16N4OS. The van der Waals surface area contributed by atoms with Crippen LogP contribution < -0.4 is 10.6 Å². The van der Waals surface area contributed by atoms with Crippen molar-refractivity contribution < 1.29 is 4.79 Å². The molecule has 1 amide bonds. The Hall–Kier alpha value is -2.91. The average molecular weight is 336 g/mol. The number of fused-ring (bicyclic) bond motifs is 1.